The molecule has 0 aliphatic carbocycles. The normalized spacial score (nSPS) is 14.9. The summed E-state index contributed by atoms with van der Waals surface area (Å²) in [6, 6.07) is 16.8. The van der Waals surface area contributed by atoms with Crippen molar-refractivity contribution in [2.45, 2.75) is 33.2 Å². The van der Waals surface area contributed by atoms with Crippen LogP contribution in [0.5, 0.6) is 5.75 Å². The van der Waals surface area contributed by atoms with E-state index in [2.05, 4.69) is 43.3 Å². The minimum Gasteiger partial charge on any atom is -0.406 e. The number of urea groups is 1. The molecule has 1 N–H and O–H groups in total. The number of aliphatic imine (C=N–C) groups is 1. The monoisotopic (exact) mass is 605 g/mol. The van der Waals surface area contributed by atoms with E-state index in [0.717, 1.165) is 29.1 Å². The molecule has 5 rings (SSSR count). The molecule has 2 heterocycles. The highest BCUT2D eigenvalue weighted by atomic mass is 32.2. The molecule has 0 saturated carbocycles. The summed E-state index contributed by atoms with van der Waals surface area (Å²) in [6.07, 6.45) is -3.34. The Labute approximate surface area is 250 Å². The number of thioether (sulfide) groups is 1. The number of nitrogens with zero attached hydrogens (tertiary/aromatic N) is 6. The van der Waals surface area contributed by atoms with E-state index in [0.29, 0.717) is 27.8 Å². The molecule has 0 spiro atoms. The lowest BCUT2D eigenvalue weighted by Crippen LogP contribution is -2.30. The van der Waals surface area contributed by atoms with Crippen molar-refractivity contribution < 1.29 is 22.7 Å². The van der Waals surface area contributed by atoms with Gasteiger partial charge in [-0.1, -0.05) is 53.7 Å². The van der Waals surface area contributed by atoms with Crippen LogP contribution in [0.3, 0.4) is 0 Å². The molecular weight excluding hydrogens is 579 g/mol. The number of alkyl halides is 3. The summed E-state index contributed by atoms with van der Waals surface area (Å²) in [5.41, 5.74) is 6.11. The average Bonchev–Trinajstić information content (AvgIpc) is 3.61. The van der Waals surface area contributed by atoms with Gasteiger partial charge in [-0.3, -0.25) is 0 Å². The highest BCUT2D eigenvalue weighted by molar-refractivity contribution is 8.14. The summed E-state index contributed by atoms with van der Waals surface area (Å²) < 4.78 is 42.5. The molecule has 3 aromatic carbocycles. The third-order valence-electron chi connectivity index (χ3n) is 6.61. The topological polar surface area (TPSA) is 108 Å². The number of halogens is 3. The smallest absolute Gasteiger partial charge is 0.406 e. The van der Waals surface area contributed by atoms with Gasteiger partial charge >= 0.3 is 12.4 Å². The number of amidine groups is 1. The van der Waals surface area contributed by atoms with Crippen LogP contribution in [-0.2, 0) is 0 Å². The van der Waals surface area contributed by atoms with Crippen molar-refractivity contribution >= 4 is 28.6 Å². The molecule has 2 amide bonds. The van der Waals surface area contributed by atoms with E-state index in [1.165, 1.54) is 52.6 Å². The van der Waals surface area contributed by atoms with Crippen molar-refractivity contribution in [2.75, 3.05) is 17.2 Å². The lowest BCUT2D eigenvalue weighted by Gasteiger charge is -2.23. The number of rotatable bonds is 6. The Morgan fingerprint density at radius 3 is 2.40 bits per heavy atom. The van der Waals surface area contributed by atoms with Gasteiger partial charge in [0.2, 0.25) is 0 Å². The second-order valence-corrected chi connectivity index (χ2v) is 10.9. The van der Waals surface area contributed by atoms with Gasteiger partial charge in [0.25, 0.3) is 0 Å². The van der Waals surface area contributed by atoms with Gasteiger partial charge in [-0.25, -0.2) is 14.5 Å². The van der Waals surface area contributed by atoms with Gasteiger partial charge in [-0.2, -0.15) is 10.3 Å². The number of nitrogens with one attached hydrogen (secondary N) is 1. The van der Waals surface area contributed by atoms with Crippen LogP contribution in [0, 0.1) is 32.1 Å². The highest BCUT2D eigenvalue weighted by Crippen LogP contribution is 2.32. The number of anilines is 1. The van der Waals surface area contributed by atoms with Crippen LogP contribution in [0.15, 0.2) is 72.0 Å². The Balaban J connectivity index is 1.26. The zero-order valence-electron chi connectivity index (χ0n) is 23.4. The van der Waals surface area contributed by atoms with Crippen LogP contribution in [0.25, 0.3) is 17.1 Å². The van der Waals surface area contributed by atoms with E-state index in [9.17, 15) is 23.2 Å². The van der Waals surface area contributed by atoms with Gasteiger partial charge in [0.05, 0.1) is 11.8 Å². The maximum Gasteiger partial charge on any atom is 0.573 e. The van der Waals surface area contributed by atoms with Gasteiger partial charge in [0.15, 0.2) is 11.0 Å². The summed E-state index contributed by atoms with van der Waals surface area (Å²) in [5, 5.41) is 17.4. The Bertz CT molecular complexity index is 1690. The maximum absolute atomic E-state index is 12.9. The number of amides is 2. The second-order valence-electron chi connectivity index (χ2n) is 9.83. The predicted molar refractivity (Wildman–Crippen MR) is 158 cm³/mol. The van der Waals surface area contributed by atoms with Gasteiger partial charge in [-0.05, 0) is 61.7 Å². The van der Waals surface area contributed by atoms with E-state index in [4.69, 9.17) is 0 Å². The molecule has 0 radical (unpaired) electrons. The zero-order chi connectivity index (χ0) is 30.7. The van der Waals surface area contributed by atoms with Crippen LogP contribution in [0.2, 0.25) is 0 Å². The SMILES string of the molecule is Cc1cc(C)c(N2CCS/C2=N\C(=O)NC(C#N)c2ccc(-c3ncn(-c4ccc(OC(F)(F)F)cc4)n3)cc2)c(C)c1. The van der Waals surface area contributed by atoms with Crippen molar-refractivity contribution in [1.29, 1.82) is 5.26 Å². The molecular formula is C30H26F3N7O2S. The average molecular weight is 606 g/mol. The first kappa shape index (κ1) is 29.7. The van der Waals surface area contributed by atoms with Gasteiger partial charge < -0.3 is 15.0 Å². The third kappa shape index (κ3) is 6.98. The molecule has 1 aliphatic rings. The quantitative estimate of drug-likeness (QED) is 0.262. The number of hydrogen-bond donors (Lipinski definition) is 1. The Morgan fingerprint density at radius 1 is 1.09 bits per heavy atom. The molecule has 13 heteroatoms. The standard InChI is InChI=1S/C30H26F3N7O2S/c1-18-14-19(2)26(20(3)15-18)39-12-13-43-29(39)37-28(41)36-25(16-34)21-4-6-22(7-5-21)27-35-17-40(38-27)23-8-10-24(11-9-23)42-30(31,32)33/h4-11,14-15,17,25H,12-13H2,1-3H3,(H,36,41)/b37-29-. The van der Waals surface area contributed by atoms with Crippen LogP contribution >= 0.6 is 11.8 Å². The number of aromatic nitrogens is 3. The molecule has 1 atom stereocenters. The molecule has 220 valence electrons. The first-order chi connectivity index (χ1) is 20.5. The largest absolute Gasteiger partial charge is 0.573 e. The molecule has 1 unspecified atom stereocenters. The molecule has 43 heavy (non-hydrogen) atoms. The maximum atomic E-state index is 12.9. The van der Waals surface area contributed by atoms with Crippen LogP contribution in [-0.4, -0.2) is 44.6 Å². The Morgan fingerprint density at radius 2 is 1.77 bits per heavy atom. The third-order valence-corrected chi connectivity index (χ3v) is 7.56. The molecule has 0 bridgehead atoms. The van der Waals surface area contributed by atoms with Gasteiger partial charge in [0, 0.05) is 23.5 Å². The zero-order valence-corrected chi connectivity index (χ0v) is 24.2. The van der Waals surface area contributed by atoms with E-state index < -0.39 is 18.4 Å². The summed E-state index contributed by atoms with van der Waals surface area (Å²) >= 11 is 1.49. The van der Waals surface area contributed by atoms with E-state index in [-0.39, 0.29) is 5.75 Å². The molecule has 9 nitrogen and oxygen atoms in total. The summed E-state index contributed by atoms with van der Waals surface area (Å²) in [6.45, 7) is 6.86. The van der Waals surface area contributed by atoms with Crippen molar-refractivity contribution in [3.63, 3.8) is 0 Å². The first-order valence-electron chi connectivity index (χ1n) is 13.2. The lowest BCUT2D eigenvalue weighted by molar-refractivity contribution is -0.274. The van der Waals surface area contributed by atoms with Crippen LogP contribution < -0.4 is 15.0 Å². The second kappa shape index (κ2) is 12.2. The fraction of sp³-hybridized carbons (Fsp3) is 0.233. The molecule has 1 fully saturated rings. The van der Waals surface area contributed by atoms with Crippen molar-refractivity contribution in [2.24, 2.45) is 4.99 Å². The predicted octanol–water partition coefficient (Wildman–Crippen LogP) is 6.64. The molecule has 1 saturated heterocycles. The fourth-order valence-corrected chi connectivity index (χ4v) is 5.82. The number of benzene rings is 3. The van der Waals surface area contributed by atoms with Gasteiger partial charge in [0.1, 0.15) is 18.1 Å². The Hall–Kier alpha value is -4.83. The first-order valence-corrected chi connectivity index (χ1v) is 14.1. The number of hydrogen-bond acceptors (Lipinski definition) is 6. The number of ether oxygens (including phenoxy) is 1. The van der Waals surface area contributed by atoms with E-state index >= 15 is 0 Å². The minimum atomic E-state index is -4.77. The van der Waals surface area contributed by atoms with Crippen molar-refractivity contribution in [1.82, 2.24) is 20.1 Å². The minimum absolute atomic E-state index is 0.339. The Kier molecular flexibility index (Phi) is 8.40. The van der Waals surface area contributed by atoms with Crippen molar-refractivity contribution in [3.05, 3.63) is 89.2 Å². The van der Waals surface area contributed by atoms with E-state index in [1.807, 2.05) is 25.7 Å². The summed E-state index contributed by atoms with van der Waals surface area (Å²) in [7, 11) is 0. The lowest BCUT2D eigenvalue weighted by atomic mass is 10.0. The summed E-state index contributed by atoms with van der Waals surface area (Å²) in [4.78, 5) is 23.5. The van der Waals surface area contributed by atoms with Crippen LogP contribution in [0.4, 0.5) is 23.7 Å². The number of carbonyl (C=O) groups is 1. The molecule has 4 aromatic rings. The molecule has 1 aromatic heterocycles. The van der Waals surface area contributed by atoms with Crippen molar-refractivity contribution in [3.8, 4) is 28.9 Å². The number of aryl methyl sites for hydroxylation is 3. The molecule has 1 aliphatic heterocycles. The summed E-state index contributed by atoms with van der Waals surface area (Å²) in [5.74, 6) is 0.823. The van der Waals surface area contributed by atoms with E-state index in [1.54, 1.807) is 24.3 Å². The van der Waals surface area contributed by atoms with Gasteiger partial charge in [-0.15, -0.1) is 18.3 Å². The number of carbonyl (C=O) groups excluding carboxylic acids is 1. The fourth-order valence-electron chi connectivity index (χ4n) is 4.88. The highest BCUT2D eigenvalue weighted by Gasteiger charge is 2.31. The van der Waals surface area contributed by atoms with Crippen LogP contribution in [0.1, 0.15) is 28.3 Å². The number of nitriles is 1.